The molecule has 0 aromatic heterocycles. The van der Waals surface area contributed by atoms with Crippen LogP contribution in [-0.4, -0.2) is 26.3 Å². The summed E-state index contributed by atoms with van der Waals surface area (Å²) in [5.74, 6) is -1.20. The Morgan fingerprint density at radius 3 is 2.30 bits per heavy atom. The van der Waals surface area contributed by atoms with Crippen molar-refractivity contribution in [2.45, 2.75) is 6.42 Å². The van der Waals surface area contributed by atoms with Crippen LogP contribution in [0.25, 0.3) is 0 Å². The standard InChI is InChI=1S/C14H13NO5/c16-10-2-4-11(17)8(5-10)6-14(20)15-9-1-3-12(18)13(19)7-9/h1-5,7,16-19H,6H2,(H,15,20). The van der Waals surface area contributed by atoms with Gasteiger partial charge in [-0.2, -0.15) is 0 Å². The number of aromatic hydroxyl groups is 4. The molecular formula is C14H13NO5. The van der Waals surface area contributed by atoms with Crippen LogP contribution in [0.3, 0.4) is 0 Å². The second-order valence-corrected chi connectivity index (χ2v) is 4.24. The average molecular weight is 275 g/mol. The first kappa shape index (κ1) is 13.5. The zero-order valence-corrected chi connectivity index (χ0v) is 10.4. The van der Waals surface area contributed by atoms with E-state index in [1.54, 1.807) is 0 Å². The summed E-state index contributed by atoms with van der Waals surface area (Å²) in [7, 11) is 0. The Morgan fingerprint density at radius 1 is 0.900 bits per heavy atom. The highest BCUT2D eigenvalue weighted by Crippen LogP contribution is 2.28. The molecule has 0 bridgehead atoms. The molecule has 104 valence electrons. The monoisotopic (exact) mass is 275 g/mol. The van der Waals surface area contributed by atoms with Gasteiger partial charge in [-0.1, -0.05) is 0 Å². The first-order valence-electron chi connectivity index (χ1n) is 5.78. The number of phenolic OH excluding ortho intramolecular Hbond substituents is 4. The summed E-state index contributed by atoms with van der Waals surface area (Å²) >= 11 is 0. The fourth-order valence-electron chi connectivity index (χ4n) is 1.69. The van der Waals surface area contributed by atoms with Gasteiger partial charge in [0, 0.05) is 17.3 Å². The quantitative estimate of drug-likeness (QED) is 0.432. The van der Waals surface area contributed by atoms with Crippen molar-refractivity contribution in [3.8, 4) is 23.0 Å². The molecule has 6 heteroatoms. The van der Waals surface area contributed by atoms with Gasteiger partial charge in [0.15, 0.2) is 11.5 Å². The molecule has 0 atom stereocenters. The Labute approximate surface area is 114 Å². The summed E-state index contributed by atoms with van der Waals surface area (Å²) in [6, 6.07) is 7.78. The molecule has 0 aliphatic rings. The van der Waals surface area contributed by atoms with Crippen LogP contribution in [0.1, 0.15) is 5.56 Å². The molecule has 0 radical (unpaired) electrons. The predicted molar refractivity (Wildman–Crippen MR) is 71.9 cm³/mol. The van der Waals surface area contributed by atoms with E-state index in [2.05, 4.69) is 5.32 Å². The SMILES string of the molecule is O=C(Cc1cc(O)ccc1O)Nc1ccc(O)c(O)c1. The van der Waals surface area contributed by atoms with Crippen LogP contribution in [0.15, 0.2) is 36.4 Å². The van der Waals surface area contributed by atoms with Gasteiger partial charge in [0.05, 0.1) is 6.42 Å². The van der Waals surface area contributed by atoms with Gasteiger partial charge in [-0.05, 0) is 30.3 Å². The highest BCUT2D eigenvalue weighted by molar-refractivity contribution is 5.93. The molecule has 2 aromatic carbocycles. The average Bonchev–Trinajstić information content (AvgIpc) is 2.38. The Morgan fingerprint density at radius 2 is 1.60 bits per heavy atom. The fraction of sp³-hybridized carbons (Fsp3) is 0.0714. The van der Waals surface area contributed by atoms with Crippen molar-refractivity contribution < 1.29 is 25.2 Å². The van der Waals surface area contributed by atoms with Crippen LogP contribution < -0.4 is 5.32 Å². The van der Waals surface area contributed by atoms with E-state index in [-0.39, 0.29) is 35.0 Å². The summed E-state index contributed by atoms with van der Waals surface area (Å²) in [5.41, 5.74) is 0.593. The van der Waals surface area contributed by atoms with Gasteiger partial charge in [0.1, 0.15) is 11.5 Å². The Bertz CT molecular complexity index is 654. The van der Waals surface area contributed by atoms with Gasteiger partial charge in [-0.3, -0.25) is 4.79 Å². The molecular weight excluding hydrogens is 262 g/mol. The minimum absolute atomic E-state index is 0.0483. The van der Waals surface area contributed by atoms with Crippen molar-refractivity contribution in [3.05, 3.63) is 42.0 Å². The Balaban J connectivity index is 2.09. The second kappa shape index (κ2) is 5.40. The van der Waals surface area contributed by atoms with E-state index < -0.39 is 5.91 Å². The third-order valence-electron chi connectivity index (χ3n) is 2.67. The largest absolute Gasteiger partial charge is 0.508 e. The third-order valence-corrected chi connectivity index (χ3v) is 2.67. The Hall–Kier alpha value is -2.89. The van der Waals surface area contributed by atoms with Crippen LogP contribution >= 0.6 is 0 Å². The summed E-state index contributed by atoms with van der Waals surface area (Å²) in [6.45, 7) is 0. The summed E-state index contributed by atoms with van der Waals surface area (Å²) in [6.07, 6.45) is -0.137. The molecule has 0 spiro atoms. The van der Waals surface area contributed by atoms with E-state index in [1.165, 1.54) is 36.4 Å². The number of benzene rings is 2. The van der Waals surface area contributed by atoms with Crippen LogP contribution in [0.5, 0.6) is 23.0 Å². The number of rotatable bonds is 3. The van der Waals surface area contributed by atoms with Gasteiger partial charge in [0.2, 0.25) is 5.91 Å². The number of nitrogens with one attached hydrogen (secondary N) is 1. The van der Waals surface area contributed by atoms with E-state index in [1.807, 2.05) is 0 Å². The molecule has 0 unspecified atom stereocenters. The molecule has 5 N–H and O–H groups in total. The normalized spacial score (nSPS) is 10.2. The van der Waals surface area contributed by atoms with E-state index in [0.29, 0.717) is 5.69 Å². The smallest absolute Gasteiger partial charge is 0.228 e. The van der Waals surface area contributed by atoms with Crippen molar-refractivity contribution in [2.75, 3.05) is 5.32 Å². The molecule has 0 aliphatic heterocycles. The van der Waals surface area contributed by atoms with E-state index >= 15 is 0 Å². The van der Waals surface area contributed by atoms with Crippen LogP contribution in [-0.2, 0) is 11.2 Å². The molecule has 0 aliphatic carbocycles. The van der Waals surface area contributed by atoms with Gasteiger partial charge >= 0.3 is 0 Å². The molecule has 20 heavy (non-hydrogen) atoms. The van der Waals surface area contributed by atoms with Crippen molar-refractivity contribution >= 4 is 11.6 Å². The highest BCUT2D eigenvalue weighted by atomic mass is 16.3. The van der Waals surface area contributed by atoms with E-state index in [4.69, 9.17) is 5.11 Å². The molecule has 0 heterocycles. The van der Waals surface area contributed by atoms with Gasteiger partial charge in [-0.15, -0.1) is 0 Å². The second-order valence-electron chi connectivity index (χ2n) is 4.24. The number of carbonyl (C=O) groups is 1. The number of hydrogen-bond acceptors (Lipinski definition) is 5. The highest BCUT2D eigenvalue weighted by Gasteiger charge is 2.10. The lowest BCUT2D eigenvalue weighted by Crippen LogP contribution is -2.14. The summed E-state index contributed by atoms with van der Waals surface area (Å²) in [5, 5.41) is 39.8. The van der Waals surface area contributed by atoms with Gasteiger partial charge < -0.3 is 25.7 Å². The number of amides is 1. The van der Waals surface area contributed by atoms with Crippen LogP contribution in [0, 0.1) is 0 Å². The molecule has 1 amide bonds. The fourth-order valence-corrected chi connectivity index (χ4v) is 1.69. The maximum absolute atomic E-state index is 11.8. The van der Waals surface area contributed by atoms with Crippen molar-refractivity contribution in [1.82, 2.24) is 0 Å². The predicted octanol–water partition coefficient (Wildman–Crippen LogP) is 1.69. The zero-order valence-electron chi connectivity index (χ0n) is 10.4. The van der Waals surface area contributed by atoms with Crippen molar-refractivity contribution in [3.63, 3.8) is 0 Å². The third kappa shape index (κ3) is 3.11. The van der Waals surface area contributed by atoms with Crippen LogP contribution in [0.4, 0.5) is 5.69 Å². The zero-order chi connectivity index (χ0) is 14.7. The Kier molecular flexibility index (Phi) is 3.65. The number of carbonyl (C=O) groups excluding carboxylic acids is 1. The van der Waals surface area contributed by atoms with Gasteiger partial charge in [0.25, 0.3) is 0 Å². The number of hydrogen-bond donors (Lipinski definition) is 5. The van der Waals surface area contributed by atoms with Crippen molar-refractivity contribution in [1.29, 1.82) is 0 Å². The van der Waals surface area contributed by atoms with Crippen LogP contribution in [0.2, 0.25) is 0 Å². The van der Waals surface area contributed by atoms with Gasteiger partial charge in [-0.25, -0.2) is 0 Å². The lowest BCUT2D eigenvalue weighted by atomic mass is 10.1. The maximum atomic E-state index is 11.8. The molecule has 2 rings (SSSR count). The molecule has 0 fully saturated rings. The molecule has 0 saturated carbocycles. The topological polar surface area (TPSA) is 110 Å². The summed E-state index contributed by atoms with van der Waals surface area (Å²) in [4.78, 5) is 11.8. The van der Waals surface area contributed by atoms with E-state index in [0.717, 1.165) is 0 Å². The lowest BCUT2D eigenvalue weighted by Gasteiger charge is -2.08. The minimum Gasteiger partial charge on any atom is -0.508 e. The first-order chi connectivity index (χ1) is 9.45. The molecule has 2 aromatic rings. The number of anilines is 1. The molecule has 6 nitrogen and oxygen atoms in total. The number of phenols is 4. The van der Waals surface area contributed by atoms with Crippen molar-refractivity contribution in [2.24, 2.45) is 0 Å². The minimum atomic E-state index is -0.434. The molecule has 0 saturated heterocycles. The first-order valence-corrected chi connectivity index (χ1v) is 5.78. The lowest BCUT2D eigenvalue weighted by molar-refractivity contribution is -0.115. The van der Waals surface area contributed by atoms with E-state index in [9.17, 15) is 20.1 Å². The summed E-state index contributed by atoms with van der Waals surface area (Å²) < 4.78 is 0. The maximum Gasteiger partial charge on any atom is 0.228 e.